The van der Waals surface area contributed by atoms with Crippen LogP contribution >= 0.6 is 35.2 Å². The number of H-pyrrole nitrogens is 1. The molecule has 4 heterocycles. The van der Waals surface area contributed by atoms with Gasteiger partial charge in [-0.2, -0.15) is 20.4 Å². The normalized spacial score (nSPS) is 28.0. The van der Waals surface area contributed by atoms with Crippen LogP contribution in [0.2, 0.25) is 0 Å². The number of thioether (sulfide) groups is 1. The molecule has 9 atom stereocenters. The highest BCUT2D eigenvalue weighted by molar-refractivity contribution is 8.01. The van der Waals surface area contributed by atoms with Gasteiger partial charge in [0.25, 0.3) is 5.56 Å². The fraction of sp³-hybridized carbons (Fsp3) is 0.690. The number of amides is 4. The number of hydrogen-bond acceptors (Lipinski definition) is 15. The molecular weight excluding hydrogens is 845 g/mol. The summed E-state index contributed by atoms with van der Waals surface area (Å²) in [4.78, 5) is 99.2. The summed E-state index contributed by atoms with van der Waals surface area (Å²) >= 11 is 1.84. The molecular formula is C29H47N6O18P3S. The molecule has 0 radical (unpaired) electrons. The van der Waals surface area contributed by atoms with Crippen LogP contribution in [0.15, 0.2) is 21.9 Å². The van der Waals surface area contributed by atoms with E-state index in [2.05, 4.69) is 41.3 Å². The Balaban J connectivity index is 1.12. The van der Waals surface area contributed by atoms with E-state index in [4.69, 9.17) is 14.5 Å². The van der Waals surface area contributed by atoms with Crippen molar-refractivity contribution in [3.8, 4) is 0 Å². The molecule has 11 N–H and O–H groups in total. The van der Waals surface area contributed by atoms with Crippen LogP contribution in [-0.2, 0) is 41.2 Å². The highest BCUT2D eigenvalue weighted by Crippen LogP contribution is 2.66. The maximum absolute atomic E-state index is 12.5. The van der Waals surface area contributed by atoms with Gasteiger partial charge in [0.2, 0.25) is 11.8 Å². The summed E-state index contributed by atoms with van der Waals surface area (Å²) in [5, 5.41) is 32.4. The van der Waals surface area contributed by atoms with Crippen molar-refractivity contribution in [1.82, 2.24) is 30.8 Å². The second-order valence-corrected chi connectivity index (χ2v) is 19.6. The van der Waals surface area contributed by atoms with Crippen molar-refractivity contribution in [2.45, 2.75) is 99.7 Å². The molecule has 0 spiro atoms. The number of rotatable bonds is 22. The Bertz CT molecular complexity index is 1910. The second-order valence-electron chi connectivity index (χ2n) is 13.6. The van der Waals surface area contributed by atoms with Crippen LogP contribution in [0, 0.1) is 0 Å². The zero-order valence-electron chi connectivity index (χ0n) is 30.5. The number of ether oxygens (including phenoxy) is 1. The third kappa shape index (κ3) is 14.2. The van der Waals surface area contributed by atoms with Gasteiger partial charge in [0.05, 0.1) is 24.3 Å². The second kappa shape index (κ2) is 20.0. The molecule has 1 aromatic heterocycles. The van der Waals surface area contributed by atoms with E-state index in [9.17, 15) is 57.7 Å². The first-order valence-electron chi connectivity index (χ1n) is 17.6. The van der Waals surface area contributed by atoms with Crippen LogP contribution in [0.25, 0.3) is 6.08 Å². The number of urea groups is 1. The molecule has 0 aromatic carbocycles. The molecule has 0 saturated carbocycles. The molecule has 3 aliphatic heterocycles. The first kappa shape index (κ1) is 47.0. The van der Waals surface area contributed by atoms with Gasteiger partial charge in [0.1, 0.15) is 18.3 Å². The van der Waals surface area contributed by atoms with Gasteiger partial charge in [-0.15, -0.1) is 0 Å². The first-order valence-corrected chi connectivity index (χ1v) is 23.1. The highest BCUT2D eigenvalue weighted by atomic mass is 32.2. The summed E-state index contributed by atoms with van der Waals surface area (Å²) < 4.78 is 51.9. The van der Waals surface area contributed by atoms with E-state index in [0.29, 0.717) is 36.8 Å². The summed E-state index contributed by atoms with van der Waals surface area (Å²) in [6, 6.07) is 0.121. The number of nitrogens with zero attached hydrogens (tertiary/aromatic N) is 1. The first-order chi connectivity index (χ1) is 26.6. The van der Waals surface area contributed by atoms with E-state index in [1.165, 1.54) is 12.2 Å². The summed E-state index contributed by atoms with van der Waals surface area (Å²) in [7, 11) is -17.1. The van der Waals surface area contributed by atoms with Crippen molar-refractivity contribution in [3.63, 3.8) is 0 Å². The van der Waals surface area contributed by atoms with Crippen LogP contribution in [0.3, 0.4) is 0 Å². The lowest BCUT2D eigenvalue weighted by Gasteiger charge is -2.29. The lowest BCUT2D eigenvalue weighted by Crippen LogP contribution is -2.44. The molecule has 57 heavy (non-hydrogen) atoms. The number of aliphatic hydroxyl groups is 2. The van der Waals surface area contributed by atoms with Crippen LogP contribution in [0.4, 0.5) is 4.79 Å². The fourth-order valence-electron chi connectivity index (χ4n) is 6.34. The van der Waals surface area contributed by atoms with Gasteiger partial charge in [-0.25, -0.2) is 23.3 Å². The van der Waals surface area contributed by atoms with Crippen molar-refractivity contribution < 1.29 is 75.7 Å². The molecule has 0 aliphatic carbocycles. The van der Waals surface area contributed by atoms with Gasteiger partial charge in [-0.05, 0) is 32.6 Å². The molecule has 3 fully saturated rings. The summed E-state index contributed by atoms with van der Waals surface area (Å²) in [5.74, 6) is 0.572. The number of aromatic amines is 1. The van der Waals surface area contributed by atoms with Crippen molar-refractivity contribution in [3.05, 3.63) is 38.7 Å². The van der Waals surface area contributed by atoms with Crippen molar-refractivity contribution in [1.29, 1.82) is 0 Å². The average Bonchev–Trinajstić information content (AvgIpc) is 3.72. The molecule has 0 bridgehead atoms. The third-order valence-corrected chi connectivity index (χ3v) is 14.6. The van der Waals surface area contributed by atoms with E-state index in [0.717, 1.165) is 31.2 Å². The Hall–Kier alpha value is -2.73. The number of phosphoric acid groups is 3. The summed E-state index contributed by atoms with van der Waals surface area (Å²) in [5.41, 5.74) is -2.07. The Morgan fingerprint density at radius 3 is 2.35 bits per heavy atom. The lowest BCUT2D eigenvalue weighted by atomic mass is 9.91. The maximum Gasteiger partial charge on any atom is 0.490 e. The number of fused-ring (bicyclic) bond motifs is 1. The predicted molar refractivity (Wildman–Crippen MR) is 199 cm³/mol. The maximum atomic E-state index is 12.5. The van der Waals surface area contributed by atoms with E-state index < -0.39 is 65.9 Å². The Kier molecular flexibility index (Phi) is 16.5. The fourth-order valence-corrected chi connectivity index (χ4v) is 10.9. The summed E-state index contributed by atoms with van der Waals surface area (Å²) in [6.07, 6.45) is 1.57. The molecule has 3 aliphatic rings. The number of hydrogen-bond donors (Lipinski definition) is 11. The van der Waals surface area contributed by atoms with E-state index in [1.807, 2.05) is 16.7 Å². The van der Waals surface area contributed by atoms with Crippen molar-refractivity contribution in [2.75, 3.05) is 25.4 Å². The molecule has 3 saturated heterocycles. The third-order valence-electron chi connectivity index (χ3n) is 9.12. The number of phosphoric ester groups is 1. The van der Waals surface area contributed by atoms with Crippen LogP contribution in [-0.4, -0.2) is 118 Å². The molecule has 24 nitrogen and oxygen atoms in total. The number of carbonyl (C=O) groups is 3. The monoisotopic (exact) mass is 892 g/mol. The zero-order valence-corrected chi connectivity index (χ0v) is 34.0. The summed E-state index contributed by atoms with van der Waals surface area (Å²) in [6.45, 7) is 1.52. The van der Waals surface area contributed by atoms with E-state index in [1.54, 1.807) is 0 Å². The van der Waals surface area contributed by atoms with E-state index in [-0.39, 0.29) is 53.2 Å². The minimum atomic E-state index is -5.82. The van der Waals surface area contributed by atoms with Gasteiger partial charge in [0.15, 0.2) is 6.23 Å². The predicted octanol–water partition coefficient (Wildman–Crippen LogP) is -0.579. The molecule has 4 rings (SSSR count). The molecule has 322 valence electrons. The Morgan fingerprint density at radius 2 is 1.65 bits per heavy atom. The van der Waals surface area contributed by atoms with Crippen molar-refractivity contribution in [2.24, 2.45) is 0 Å². The Labute approximate surface area is 328 Å². The molecule has 4 amide bonds. The number of unbranched alkanes of at least 4 members (excludes halogenated alkanes) is 3. The van der Waals surface area contributed by atoms with Crippen molar-refractivity contribution >= 4 is 59.2 Å². The largest absolute Gasteiger partial charge is 0.490 e. The minimum absolute atomic E-state index is 0.00198. The number of carbonyl (C=O) groups excluding carboxylic acids is 3. The van der Waals surface area contributed by atoms with Gasteiger partial charge in [-0.1, -0.05) is 25.0 Å². The van der Waals surface area contributed by atoms with Gasteiger partial charge >= 0.3 is 35.2 Å². The van der Waals surface area contributed by atoms with Gasteiger partial charge in [0, 0.05) is 42.6 Å². The van der Waals surface area contributed by atoms with E-state index >= 15 is 0 Å². The van der Waals surface area contributed by atoms with Crippen LogP contribution in [0.1, 0.15) is 70.1 Å². The average molecular weight is 893 g/mol. The van der Waals surface area contributed by atoms with Gasteiger partial charge in [-0.3, -0.25) is 28.5 Å². The zero-order chi connectivity index (χ0) is 42.2. The standard InChI is InChI=1S/C29H47N6O18P3S/c1-29(24-18(16-57-29)32-27(41)33-24)11-5-4-10-21(37)30-12-6-2-3-9-20(36)31-13-7-8-17-14-35(28(42)34-25(17)40)26-23(39)22(38)19(51-26)15-50-55(46,47)53-56(48,49)52-54(43,44)45/h7-8,14,18-19,22-24,26,38-39H,2-6,9-13,15-16H2,1H3,(H,30,37)(H,31,36)(H,46,47)(H,48,49)(H2,32,33,41)(H,34,40,42)(H2,43,44,45)/b8-7+/t18-,19-,22?,23?,24-,26-,29-/m1/s1. The highest BCUT2D eigenvalue weighted by Gasteiger charge is 2.50. The number of nitrogens with one attached hydrogen (secondary N) is 5. The quantitative estimate of drug-likeness (QED) is 0.0394. The number of aliphatic hydroxyl groups excluding tert-OH is 2. The van der Waals surface area contributed by atoms with Crippen LogP contribution < -0.4 is 32.5 Å². The van der Waals surface area contributed by atoms with Gasteiger partial charge < -0.3 is 55.8 Å². The SMILES string of the molecule is C[C@]1(CCCCC(=O)NCCCCCC(=O)NC/C=C/c2cn([C@@H]3O[C@H](COP(=O)(O)OP(=O)(O)OP(=O)(O)O)C(O)C3O)c(=O)[nH]c2=O)SC[C@H]2NC(=O)N[C@H]21. The Morgan fingerprint density at radius 1 is 0.965 bits per heavy atom. The number of aromatic nitrogens is 2. The molecule has 28 heteroatoms. The molecule has 1 aromatic rings. The lowest BCUT2D eigenvalue weighted by molar-refractivity contribution is -0.122. The topological polar surface area (TPSA) is 364 Å². The van der Waals surface area contributed by atoms with Crippen LogP contribution in [0.5, 0.6) is 0 Å². The molecule has 4 unspecified atom stereocenters. The minimum Gasteiger partial charge on any atom is -0.387 e. The smallest absolute Gasteiger partial charge is 0.387 e.